The molecule has 0 saturated carbocycles. The van der Waals surface area contributed by atoms with E-state index in [0.717, 1.165) is 41.7 Å². The molecule has 1 amide bonds. The second-order valence-corrected chi connectivity index (χ2v) is 9.74. The number of amides is 1. The summed E-state index contributed by atoms with van der Waals surface area (Å²) in [4.78, 5) is 26.6. The van der Waals surface area contributed by atoms with Crippen LogP contribution in [-0.2, 0) is 27.8 Å². The van der Waals surface area contributed by atoms with Crippen molar-refractivity contribution in [1.29, 1.82) is 5.26 Å². The first kappa shape index (κ1) is 22.8. The largest absolute Gasteiger partial charge is 0.462 e. The molecule has 1 aromatic carbocycles. The highest BCUT2D eigenvalue weighted by Gasteiger charge is 2.27. The van der Waals surface area contributed by atoms with Crippen molar-refractivity contribution < 1.29 is 14.3 Å². The minimum absolute atomic E-state index is 0.00955. The maximum absolute atomic E-state index is 12.9. The number of nitriles is 1. The molecule has 1 N–H and O–H groups in total. The first-order valence-electron chi connectivity index (χ1n) is 10.6. The SMILES string of the molecule is CCOC(=O)c1c(NC(=O)/C(C#N)=C/c2ccc(C(C)(C)C)cc2)sc2c1CCCC2. The van der Waals surface area contributed by atoms with Crippen LogP contribution in [-0.4, -0.2) is 18.5 Å². The fourth-order valence-electron chi connectivity index (χ4n) is 3.64. The lowest BCUT2D eigenvalue weighted by Crippen LogP contribution is -2.16. The summed E-state index contributed by atoms with van der Waals surface area (Å²) in [5.41, 5.74) is 3.39. The van der Waals surface area contributed by atoms with E-state index in [4.69, 9.17) is 4.74 Å². The van der Waals surface area contributed by atoms with Gasteiger partial charge in [-0.2, -0.15) is 5.26 Å². The molecule has 2 aromatic rings. The number of ether oxygens (including phenoxy) is 1. The quantitative estimate of drug-likeness (QED) is 0.373. The van der Waals surface area contributed by atoms with Gasteiger partial charge in [-0.1, -0.05) is 45.0 Å². The van der Waals surface area contributed by atoms with E-state index in [2.05, 4.69) is 26.1 Å². The molecule has 3 rings (SSSR count). The lowest BCUT2D eigenvalue weighted by molar-refractivity contribution is -0.112. The number of carbonyl (C=O) groups is 2. The van der Waals surface area contributed by atoms with E-state index < -0.39 is 11.9 Å². The van der Waals surface area contributed by atoms with Crippen LogP contribution in [0.2, 0.25) is 0 Å². The van der Waals surface area contributed by atoms with E-state index in [9.17, 15) is 14.9 Å². The third kappa shape index (κ3) is 5.23. The minimum atomic E-state index is -0.522. The number of hydrogen-bond acceptors (Lipinski definition) is 5. The van der Waals surface area contributed by atoms with Gasteiger partial charge in [0.2, 0.25) is 0 Å². The van der Waals surface area contributed by atoms with Crippen molar-refractivity contribution in [3.63, 3.8) is 0 Å². The zero-order chi connectivity index (χ0) is 22.6. The Hall–Kier alpha value is -2.91. The molecular weight excluding hydrogens is 408 g/mol. The Morgan fingerprint density at radius 1 is 1.19 bits per heavy atom. The predicted molar refractivity (Wildman–Crippen MR) is 124 cm³/mol. The first-order valence-corrected chi connectivity index (χ1v) is 11.4. The van der Waals surface area contributed by atoms with Crippen molar-refractivity contribution in [1.82, 2.24) is 0 Å². The van der Waals surface area contributed by atoms with Crippen LogP contribution in [0.1, 0.15) is 72.5 Å². The topological polar surface area (TPSA) is 79.2 Å². The average Bonchev–Trinajstić information content (AvgIpc) is 3.09. The van der Waals surface area contributed by atoms with Crippen molar-refractivity contribution in [2.75, 3.05) is 11.9 Å². The molecule has 0 spiro atoms. The first-order chi connectivity index (χ1) is 14.7. The lowest BCUT2D eigenvalue weighted by atomic mass is 9.86. The standard InChI is InChI=1S/C25H28N2O3S/c1-5-30-24(29)21-19-8-6-7-9-20(19)31-23(21)27-22(28)17(15-26)14-16-10-12-18(13-11-16)25(2,3)4/h10-14H,5-9H2,1-4H3,(H,27,28)/b17-14+. The third-order valence-corrected chi connectivity index (χ3v) is 6.54. The second kappa shape index (κ2) is 9.49. The summed E-state index contributed by atoms with van der Waals surface area (Å²) in [6.45, 7) is 8.43. The number of benzene rings is 1. The molecule has 0 atom stereocenters. The van der Waals surface area contributed by atoms with Crippen LogP contribution in [0.5, 0.6) is 0 Å². The highest BCUT2D eigenvalue weighted by Crippen LogP contribution is 2.38. The maximum atomic E-state index is 12.9. The number of esters is 1. The van der Waals surface area contributed by atoms with Gasteiger partial charge >= 0.3 is 5.97 Å². The molecular formula is C25H28N2O3S. The van der Waals surface area contributed by atoms with E-state index in [1.807, 2.05) is 30.3 Å². The Labute approximate surface area is 187 Å². The normalized spacial score (nSPS) is 13.8. The predicted octanol–water partition coefficient (Wildman–Crippen LogP) is 5.65. The van der Waals surface area contributed by atoms with Gasteiger partial charge in [-0.25, -0.2) is 4.79 Å². The molecule has 1 aliphatic rings. The van der Waals surface area contributed by atoms with Gasteiger partial charge in [-0.15, -0.1) is 11.3 Å². The zero-order valence-corrected chi connectivity index (χ0v) is 19.3. The smallest absolute Gasteiger partial charge is 0.341 e. The molecule has 0 saturated heterocycles. The van der Waals surface area contributed by atoms with Gasteiger partial charge < -0.3 is 10.1 Å². The summed E-state index contributed by atoms with van der Waals surface area (Å²) in [7, 11) is 0. The number of carbonyl (C=O) groups excluding carboxylic acids is 2. The molecule has 0 unspecified atom stereocenters. The summed E-state index contributed by atoms with van der Waals surface area (Å²) >= 11 is 1.41. The van der Waals surface area contributed by atoms with Crippen LogP contribution in [0, 0.1) is 11.3 Å². The number of hydrogen-bond donors (Lipinski definition) is 1. The van der Waals surface area contributed by atoms with Crippen molar-refractivity contribution >= 4 is 34.3 Å². The molecule has 0 radical (unpaired) electrons. The van der Waals surface area contributed by atoms with Gasteiger partial charge in [-0.05, 0) is 60.8 Å². The molecule has 0 fully saturated rings. The summed E-state index contributed by atoms with van der Waals surface area (Å²) in [6, 6.07) is 9.80. The van der Waals surface area contributed by atoms with Gasteiger partial charge in [0, 0.05) is 4.88 Å². The lowest BCUT2D eigenvalue weighted by Gasteiger charge is -2.18. The van der Waals surface area contributed by atoms with E-state index in [0.29, 0.717) is 10.6 Å². The Morgan fingerprint density at radius 2 is 1.87 bits per heavy atom. The van der Waals surface area contributed by atoms with Gasteiger partial charge in [0.25, 0.3) is 5.91 Å². The van der Waals surface area contributed by atoms with Gasteiger partial charge in [0.15, 0.2) is 0 Å². The van der Waals surface area contributed by atoms with Crippen LogP contribution in [0.15, 0.2) is 29.8 Å². The van der Waals surface area contributed by atoms with E-state index >= 15 is 0 Å². The van der Waals surface area contributed by atoms with Crippen molar-refractivity contribution in [3.05, 3.63) is 57.0 Å². The highest BCUT2D eigenvalue weighted by molar-refractivity contribution is 7.17. The van der Waals surface area contributed by atoms with Gasteiger partial charge in [0.1, 0.15) is 16.6 Å². The number of rotatable bonds is 5. The van der Waals surface area contributed by atoms with Crippen molar-refractivity contribution in [2.45, 2.75) is 58.8 Å². The molecule has 31 heavy (non-hydrogen) atoms. The maximum Gasteiger partial charge on any atom is 0.341 e. The molecule has 162 valence electrons. The minimum Gasteiger partial charge on any atom is -0.462 e. The monoisotopic (exact) mass is 436 g/mol. The molecule has 1 aliphatic carbocycles. The molecule has 5 nitrogen and oxygen atoms in total. The molecule has 1 aromatic heterocycles. The third-order valence-electron chi connectivity index (χ3n) is 5.33. The van der Waals surface area contributed by atoms with Crippen molar-refractivity contribution in [3.8, 4) is 6.07 Å². The second-order valence-electron chi connectivity index (χ2n) is 8.63. The number of nitrogens with zero attached hydrogens (tertiary/aromatic N) is 1. The van der Waals surface area contributed by atoms with E-state index in [1.54, 1.807) is 13.0 Å². The summed E-state index contributed by atoms with van der Waals surface area (Å²) in [5, 5.41) is 12.9. The molecule has 0 aliphatic heterocycles. The number of nitrogens with one attached hydrogen (secondary N) is 1. The Balaban J connectivity index is 1.87. The molecule has 6 heteroatoms. The van der Waals surface area contributed by atoms with Crippen LogP contribution in [0.3, 0.4) is 0 Å². The van der Waals surface area contributed by atoms with E-state index in [1.165, 1.54) is 16.9 Å². The highest BCUT2D eigenvalue weighted by atomic mass is 32.1. The van der Waals surface area contributed by atoms with Crippen LogP contribution >= 0.6 is 11.3 Å². The fraction of sp³-hybridized carbons (Fsp3) is 0.400. The number of aryl methyl sites for hydroxylation is 1. The summed E-state index contributed by atoms with van der Waals surface area (Å²) in [6.07, 6.45) is 5.34. The van der Waals surface area contributed by atoms with Crippen LogP contribution < -0.4 is 5.32 Å². The molecule has 0 bridgehead atoms. The Morgan fingerprint density at radius 3 is 2.48 bits per heavy atom. The van der Waals surface area contributed by atoms with Gasteiger partial charge in [-0.3, -0.25) is 4.79 Å². The van der Waals surface area contributed by atoms with Crippen LogP contribution in [0.25, 0.3) is 6.08 Å². The van der Waals surface area contributed by atoms with Gasteiger partial charge in [0.05, 0.1) is 12.2 Å². The zero-order valence-electron chi connectivity index (χ0n) is 18.5. The number of fused-ring (bicyclic) bond motifs is 1. The van der Waals surface area contributed by atoms with Crippen molar-refractivity contribution in [2.24, 2.45) is 0 Å². The van der Waals surface area contributed by atoms with E-state index in [-0.39, 0.29) is 17.6 Å². The number of thiophene rings is 1. The Bertz CT molecular complexity index is 1050. The van der Waals surface area contributed by atoms with Crippen LogP contribution in [0.4, 0.5) is 5.00 Å². The summed E-state index contributed by atoms with van der Waals surface area (Å²) in [5.74, 6) is -0.941. The average molecular weight is 437 g/mol. The summed E-state index contributed by atoms with van der Waals surface area (Å²) < 4.78 is 5.23. The molecule has 1 heterocycles. The Kier molecular flexibility index (Phi) is 6.97. The fourth-order valence-corrected chi connectivity index (χ4v) is 4.91. The number of anilines is 1.